The van der Waals surface area contributed by atoms with Crippen molar-refractivity contribution in [3.05, 3.63) is 0 Å². The van der Waals surface area contributed by atoms with Gasteiger partial charge < -0.3 is 14.7 Å². The van der Waals surface area contributed by atoms with Crippen molar-refractivity contribution >= 4 is 19.4 Å². The van der Waals surface area contributed by atoms with Gasteiger partial charge in [0, 0.05) is 72.0 Å². The first kappa shape index (κ1) is 29.6. The van der Waals surface area contributed by atoms with E-state index in [2.05, 4.69) is 45.6 Å². The van der Waals surface area contributed by atoms with Crippen molar-refractivity contribution in [2.24, 2.45) is 0 Å². The van der Waals surface area contributed by atoms with Crippen LogP contribution in [0, 0.1) is 0 Å². The number of hydrogen-bond acceptors (Lipinski definition) is 5. The SMILES string of the molecule is CN1CCN2CCN(C)CCN(CC1)C(Cl)CN(C)CC2.F[P-](F)(F)(F)(F)F.[Mn+2]. The summed E-state index contributed by atoms with van der Waals surface area (Å²) in [5.41, 5.74) is 0.115. The number of halogens is 7. The van der Waals surface area contributed by atoms with Gasteiger partial charge in [-0.05, 0) is 21.1 Å². The summed E-state index contributed by atoms with van der Waals surface area (Å²) in [5, 5.41) is 0. The predicted octanol–water partition coefficient (Wildman–Crippen LogP) is 3.36. The van der Waals surface area contributed by atoms with Crippen LogP contribution < -0.4 is 0 Å². The predicted molar refractivity (Wildman–Crippen MR) is 104 cm³/mol. The molecular formula is C15H32ClF6MnN5P+. The second kappa shape index (κ2) is 11.0. The van der Waals surface area contributed by atoms with Crippen LogP contribution in [0.15, 0.2) is 0 Å². The molecule has 3 aliphatic heterocycles. The summed E-state index contributed by atoms with van der Waals surface area (Å²) in [6.07, 6.45) is 0. The Hall–Kier alpha value is 0.619. The Bertz CT molecular complexity index is 459. The Morgan fingerprint density at radius 3 is 1.31 bits per heavy atom. The smallest absolute Gasteiger partial charge is 2.00 e. The molecule has 0 saturated carbocycles. The van der Waals surface area contributed by atoms with Crippen molar-refractivity contribution in [1.82, 2.24) is 24.5 Å². The average Bonchev–Trinajstić information content (AvgIpc) is 2.48. The van der Waals surface area contributed by atoms with Crippen LogP contribution in [0.1, 0.15) is 0 Å². The number of rotatable bonds is 0. The average molecular weight is 518 g/mol. The molecule has 2 bridgehead atoms. The van der Waals surface area contributed by atoms with E-state index in [9.17, 15) is 25.2 Å². The van der Waals surface area contributed by atoms with Gasteiger partial charge in [0.15, 0.2) is 0 Å². The van der Waals surface area contributed by atoms with Gasteiger partial charge in [-0.25, -0.2) is 0 Å². The molecular weight excluding hydrogens is 486 g/mol. The third kappa shape index (κ3) is 17.9. The van der Waals surface area contributed by atoms with Crippen molar-refractivity contribution in [3.63, 3.8) is 0 Å². The third-order valence-electron chi connectivity index (χ3n) is 4.79. The molecule has 0 N–H and O–H groups in total. The molecule has 5 nitrogen and oxygen atoms in total. The summed E-state index contributed by atoms with van der Waals surface area (Å²) in [6, 6.07) is 0. The first-order chi connectivity index (χ1) is 12.5. The molecule has 3 aliphatic rings. The molecule has 1 atom stereocenters. The Balaban J connectivity index is 0.000000846. The fourth-order valence-corrected chi connectivity index (χ4v) is 3.38. The number of likely N-dealkylation sites (N-methyl/N-ethyl adjacent to an activating group) is 3. The molecule has 3 heterocycles. The minimum Gasteiger partial charge on any atom is 2.00 e. The summed E-state index contributed by atoms with van der Waals surface area (Å²) in [6.45, 7) is 12.1. The molecule has 0 amide bonds. The molecule has 3 rings (SSSR count). The van der Waals surface area contributed by atoms with Gasteiger partial charge in [0.05, 0.1) is 5.50 Å². The van der Waals surface area contributed by atoms with Crippen LogP contribution >= 0.6 is 19.4 Å². The van der Waals surface area contributed by atoms with E-state index < -0.39 is 7.81 Å². The normalized spacial score (nSPS) is 31.9. The van der Waals surface area contributed by atoms with E-state index in [1.165, 1.54) is 13.1 Å². The van der Waals surface area contributed by atoms with Crippen molar-refractivity contribution in [3.8, 4) is 0 Å². The van der Waals surface area contributed by atoms with Crippen LogP contribution in [0.25, 0.3) is 0 Å². The Morgan fingerprint density at radius 2 is 0.931 bits per heavy atom. The largest absolute Gasteiger partial charge is 2.00 e. The molecule has 0 aliphatic carbocycles. The molecule has 0 aromatic heterocycles. The van der Waals surface area contributed by atoms with Crippen molar-refractivity contribution in [2.45, 2.75) is 5.50 Å². The maximum absolute atomic E-state index is 10.7. The zero-order chi connectivity index (χ0) is 21.7. The Labute approximate surface area is 185 Å². The van der Waals surface area contributed by atoms with Crippen LogP contribution in [0.4, 0.5) is 25.2 Å². The fourth-order valence-electron chi connectivity index (χ4n) is 2.95. The Morgan fingerprint density at radius 1 is 0.621 bits per heavy atom. The van der Waals surface area contributed by atoms with E-state index in [1.54, 1.807) is 0 Å². The zero-order valence-electron chi connectivity index (χ0n) is 17.1. The minimum atomic E-state index is -10.7. The summed E-state index contributed by atoms with van der Waals surface area (Å²) in [7, 11) is -4.00. The number of fused-ring (bicyclic) bond motifs is 12. The maximum Gasteiger partial charge on any atom is 2.00 e. The fraction of sp³-hybridized carbons (Fsp3) is 1.00. The van der Waals surface area contributed by atoms with Crippen LogP contribution in [0.3, 0.4) is 0 Å². The first-order valence-corrected chi connectivity index (χ1v) is 11.7. The molecule has 177 valence electrons. The van der Waals surface area contributed by atoms with E-state index >= 15 is 0 Å². The van der Waals surface area contributed by atoms with Crippen molar-refractivity contribution in [2.75, 3.05) is 93.1 Å². The zero-order valence-corrected chi connectivity index (χ0v) is 19.9. The number of hydrogen-bond donors (Lipinski definition) is 0. The van der Waals surface area contributed by atoms with E-state index in [-0.39, 0.29) is 22.6 Å². The second-order valence-electron chi connectivity index (χ2n) is 7.64. The minimum absolute atomic E-state index is 0. The molecule has 29 heavy (non-hydrogen) atoms. The van der Waals surface area contributed by atoms with Crippen molar-refractivity contribution < 1.29 is 42.3 Å². The molecule has 0 aromatic rings. The molecule has 14 heteroatoms. The molecule has 0 aromatic carbocycles. The van der Waals surface area contributed by atoms with E-state index in [1.807, 2.05) is 0 Å². The van der Waals surface area contributed by atoms with Crippen molar-refractivity contribution in [1.29, 1.82) is 0 Å². The summed E-state index contributed by atoms with van der Waals surface area (Å²) >= 11 is 6.69. The molecule has 3 fully saturated rings. The van der Waals surface area contributed by atoms with Gasteiger partial charge in [0.1, 0.15) is 0 Å². The summed E-state index contributed by atoms with van der Waals surface area (Å²) in [4.78, 5) is 12.3. The topological polar surface area (TPSA) is 16.2 Å². The van der Waals surface area contributed by atoms with Gasteiger partial charge in [-0.3, -0.25) is 9.80 Å². The van der Waals surface area contributed by atoms with Gasteiger partial charge in [-0.1, -0.05) is 0 Å². The quantitative estimate of drug-likeness (QED) is 0.161. The summed E-state index contributed by atoms with van der Waals surface area (Å²) < 4.78 is 59.2. The molecule has 1 radical (unpaired) electrons. The van der Waals surface area contributed by atoms with Gasteiger partial charge in [-0.2, -0.15) is 0 Å². The van der Waals surface area contributed by atoms with Crippen LogP contribution in [0.5, 0.6) is 0 Å². The van der Waals surface area contributed by atoms with E-state index in [0.29, 0.717) is 0 Å². The van der Waals surface area contributed by atoms with E-state index in [4.69, 9.17) is 11.6 Å². The van der Waals surface area contributed by atoms with Crippen LogP contribution in [0.2, 0.25) is 0 Å². The molecule has 3 saturated heterocycles. The molecule has 1 unspecified atom stereocenters. The van der Waals surface area contributed by atoms with Gasteiger partial charge >= 0.3 is 50.1 Å². The number of nitrogens with zero attached hydrogens (tertiary/aromatic N) is 5. The summed E-state index contributed by atoms with van der Waals surface area (Å²) in [5.74, 6) is 0. The first-order valence-electron chi connectivity index (χ1n) is 9.22. The standard InChI is InChI=1S/C15H32ClN5.F6P.Mn/c1-17-4-9-20-10-5-18(2)8-13-21(12-7-17)15(16)14-19(3)6-11-20;1-7(2,3,4,5)6;/h15H,4-14H2,1-3H3;;/q;-1;+2. The van der Waals surface area contributed by atoms with Gasteiger partial charge in [0.2, 0.25) is 0 Å². The number of alkyl halides is 1. The van der Waals surface area contributed by atoms with Crippen LogP contribution in [-0.2, 0) is 17.1 Å². The van der Waals surface area contributed by atoms with E-state index in [0.717, 1.165) is 58.9 Å². The monoisotopic (exact) mass is 517 g/mol. The van der Waals surface area contributed by atoms with Gasteiger partial charge in [0.25, 0.3) is 0 Å². The maximum atomic E-state index is 9.87. The van der Waals surface area contributed by atoms with Crippen LogP contribution in [-0.4, -0.2) is 123 Å². The second-order valence-corrected chi connectivity index (χ2v) is 10.1. The van der Waals surface area contributed by atoms with Gasteiger partial charge in [-0.15, -0.1) is 11.6 Å². The molecule has 0 spiro atoms. The third-order valence-corrected chi connectivity index (χ3v) is 5.20. The Kier molecular flexibility index (Phi) is 11.2.